The lowest BCUT2D eigenvalue weighted by Gasteiger charge is -2.24. The van der Waals surface area contributed by atoms with Gasteiger partial charge in [0, 0.05) is 18.7 Å². The lowest BCUT2D eigenvalue weighted by atomic mass is 10.0. The molecule has 3 nitrogen and oxygen atoms in total. The van der Waals surface area contributed by atoms with Gasteiger partial charge in [-0.2, -0.15) is 13.2 Å². The number of halogens is 3. The first kappa shape index (κ1) is 11.4. The Morgan fingerprint density at radius 1 is 1.38 bits per heavy atom. The maximum Gasteiger partial charge on any atom is 0.411 e. The van der Waals surface area contributed by atoms with Crippen molar-refractivity contribution in [3.63, 3.8) is 0 Å². The minimum Gasteiger partial charge on any atom is -0.338 e. The molecule has 16 heavy (non-hydrogen) atoms. The van der Waals surface area contributed by atoms with Gasteiger partial charge >= 0.3 is 6.18 Å². The van der Waals surface area contributed by atoms with Crippen molar-refractivity contribution < 1.29 is 18.0 Å². The molecular formula is C10H13F3N2O. The van der Waals surface area contributed by atoms with Gasteiger partial charge in [0.2, 0.25) is 5.91 Å². The molecular weight excluding hydrogens is 221 g/mol. The van der Waals surface area contributed by atoms with Gasteiger partial charge in [-0.05, 0) is 25.3 Å². The summed E-state index contributed by atoms with van der Waals surface area (Å²) in [6, 6.07) is 0. The molecule has 1 aliphatic carbocycles. The summed E-state index contributed by atoms with van der Waals surface area (Å²) in [5.74, 6) is -0.591. The van der Waals surface area contributed by atoms with Gasteiger partial charge in [-0.15, -0.1) is 0 Å². The van der Waals surface area contributed by atoms with Crippen LogP contribution in [0.1, 0.15) is 19.8 Å². The average molecular weight is 234 g/mol. The Bertz CT molecular complexity index is 350. The van der Waals surface area contributed by atoms with Crippen LogP contribution in [0.4, 0.5) is 13.2 Å². The molecule has 6 heteroatoms. The molecule has 90 valence electrons. The molecule has 0 aromatic carbocycles. The monoisotopic (exact) mass is 234 g/mol. The van der Waals surface area contributed by atoms with Crippen molar-refractivity contribution in [1.82, 2.24) is 10.6 Å². The number of hydrogen-bond donors (Lipinski definition) is 2. The van der Waals surface area contributed by atoms with Crippen LogP contribution < -0.4 is 10.6 Å². The van der Waals surface area contributed by atoms with E-state index >= 15 is 0 Å². The zero-order chi connectivity index (χ0) is 12.0. The predicted molar refractivity (Wildman–Crippen MR) is 51.7 cm³/mol. The largest absolute Gasteiger partial charge is 0.411 e. The van der Waals surface area contributed by atoms with Crippen LogP contribution in [-0.2, 0) is 4.79 Å². The van der Waals surface area contributed by atoms with Crippen molar-refractivity contribution in [2.75, 3.05) is 13.1 Å². The summed E-state index contributed by atoms with van der Waals surface area (Å²) in [5, 5.41) is 5.05. The standard InChI is InChI=1S/C10H13F3N2O/c1-6(7-4-14-5-7)8(16)15-9(2-3-9)10(11,12)13/h14H,2-5H2,1H3,(H,15,16). The van der Waals surface area contributed by atoms with Gasteiger partial charge < -0.3 is 10.6 Å². The first-order valence-corrected chi connectivity index (χ1v) is 5.14. The first-order valence-electron chi connectivity index (χ1n) is 5.14. The van der Waals surface area contributed by atoms with Crippen LogP contribution in [0.2, 0.25) is 0 Å². The lowest BCUT2D eigenvalue weighted by molar-refractivity contribution is -0.169. The van der Waals surface area contributed by atoms with Crippen molar-refractivity contribution in [2.45, 2.75) is 31.5 Å². The second-order valence-corrected chi connectivity index (χ2v) is 4.37. The van der Waals surface area contributed by atoms with E-state index in [9.17, 15) is 18.0 Å². The topological polar surface area (TPSA) is 41.1 Å². The molecule has 1 aliphatic heterocycles. The summed E-state index contributed by atoms with van der Waals surface area (Å²) in [6.45, 7) is 2.76. The second-order valence-electron chi connectivity index (χ2n) is 4.37. The molecule has 0 aromatic heterocycles. The van der Waals surface area contributed by atoms with E-state index in [1.165, 1.54) is 0 Å². The van der Waals surface area contributed by atoms with Crippen molar-refractivity contribution in [3.8, 4) is 0 Å². The molecule has 1 saturated heterocycles. The number of nitrogens with one attached hydrogen (secondary N) is 2. The number of rotatable bonds is 2. The quantitative estimate of drug-likeness (QED) is 0.703. The third-order valence-corrected chi connectivity index (χ3v) is 3.19. The summed E-state index contributed by atoms with van der Waals surface area (Å²) in [7, 11) is 0. The van der Waals surface area contributed by atoms with E-state index in [1.807, 2.05) is 0 Å². The van der Waals surface area contributed by atoms with E-state index in [1.54, 1.807) is 6.92 Å². The molecule has 1 saturated carbocycles. The number of carbonyl (C=O) groups is 1. The van der Waals surface area contributed by atoms with E-state index in [-0.39, 0.29) is 12.8 Å². The lowest BCUT2D eigenvalue weighted by Crippen LogP contribution is -2.49. The Morgan fingerprint density at radius 2 is 1.94 bits per heavy atom. The molecule has 2 N–H and O–H groups in total. The maximum atomic E-state index is 12.6. The molecule has 0 bridgehead atoms. The Balaban J connectivity index is 2.03. The van der Waals surface area contributed by atoms with Crippen LogP contribution in [0.15, 0.2) is 11.1 Å². The number of alkyl halides is 3. The normalized spacial score (nSPS) is 22.4. The molecule has 1 heterocycles. The fraction of sp³-hybridized carbons (Fsp3) is 0.700. The van der Waals surface area contributed by atoms with Crippen molar-refractivity contribution in [1.29, 1.82) is 0 Å². The summed E-state index contributed by atoms with van der Waals surface area (Å²) < 4.78 is 37.7. The van der Waals surface area contributed by atoms with Crippen LogP contribution >= 0.6 is 0 Å². The molecule has 2 rings (SSSR count). The zero-order valence-electron chi connectivity index (χ0n) is 8.87. The molecule has 0 spiro atoms. The number of hydrogen-bond acceptors (Lipinski definition) is 2. The van der Waals surface area contributed by atoms with Gasteiger partial charge in [-0.1, -0.05) is 0 Å². The van der Waals surface area contributed by atoms with Gasteiger partial charge in [0.15, 0.2) is 0 Å². The van der Waals surface area contributed by atoms with Gasteiger partial charge in [0.25, 0.3) is 0 Å². The summed E-state index contributed by atoms with van der Waals surface area (Å²) in [6.07, 6.45) is -4.36. The van der Waals surface area contributed by atoms with Gasteiger partial charge in [0.05, 0.1) is 0 Å². The van der Waals surface area contributed by atoms with Gasteiger partial charge in [0.1, 0.15) is 5.54 Å². The molecule has 2 fully saturated rings. The molecule has 0 unspecified atom stereocenters. The smallest absolute Gasteiger partial charge is 0.338 e. The van der Waals surface area contributed by atoms with Crippen LogP contribution in [0.25, 0.3) is 0 Å². The molecule has 1 amide bonds. The Hall–Kier alpha value is -1.04. The van der Waals surface area contributed by atoms with Crippen LogP contribution in [-0.4, -0.2) is 30.7 Å². The molecule has 0 atom stereocenters. The summed E-state index contributed by atoms with van der Waals surface area (Å²) in [4.78, 5) is 11.6. The van der Waals surface area contributed by atoms with Crippen LogP contribution in [0.5, 0.6) is 0 Å². The van der Waals surface area contributed by atoms with Crippen molar-refractivity contribution in [3.05, 3.63) is 11.1 Å². The average Bonchev–Trinajstić information content (AvgIpc) is 2.80. The van der Waals surface area contributed by atoms with E-state index in [2.05, 4.69) is 10.6 Å². The van der Waals surface area contributed by atoms with Gasteiger partial charge in [-0.25, -0.2) is 0 Å². The van der Waals surface area contributed by atoms with Crippen LogP contribution in [0, 0.1) is 0 Å². The highest BCUT2D eigenvalue weighted by Crippen LogP contribution is 2.49. The summed E-state index contributed by atoms with van der Waals surface area (Å²) in [5.41, 5.74) is -0.659. The Labute approximate surface area is 91.1 Å². The summed E-state index contributed by atoms with van der Waals surface area (Å²) >= 11 is 0. The Kier molecular flexibility index (Phi) is 2.49. The first-order chi connectivity index (χ1) is 7.36. The third-order valence-electron chi connectivity index (χ3n) is 3.19. The predicted octanol–water partition coefficient (Wildman–Crippen LogP) is 1.12. The van der Waals surface area contributed by atoms with E-state index < -0.39 is 17.6 Å². The van der Waals surface area contributed by atoms with E-state index in [0.717, 1.165) is 5.57 Å². The molecule has 0 radical (unpaired) electrons. The SMILES string of the molecule is CC(C(=O)NC1(C(F)(F)F)CC1)=C1CNC1. The highest BCUT2D eigenvalue weighted by molar-refractivity contribution is 5.94. The van der Waals surface area contributed by atoms with Gasteiger partial charge in [-0.3, -0.25) is 4.79 Å². The highest BCUT2D eigenvalue weighted by atomic mass is 19.4. The maximum absolute atomic E-state index is 12.6. The van der Waals surface area contributed by atoms with E-state index in [0.29, 0.717) is 18.7 Å². The van der Waals surface area contributed by atoms with Crippen molar-refractivity contribution in [2.24, 2.45) is 0 Å². The fourth-order valence-corrected chi connectivity index (χ4v) is 1.59. The number of carbonyl (C=O) groups excluding carboxylic acids is 1. The zero-order valence-corrected chi connectivity index (χ0v) is 8.87. The fourth-order valence-electron chi connectivity index (χ4n) is 1.59. The highest BCUT2D eigenvalue weighted by Gasteiger charge is 2.64. The minimum atomic E-state index is -4.34. The van der Waals surface area contributed by atoms with E-state index in [4.69, 9.17) is 0 Å². The molecule has 0 aromatic rings. The Morgan fingerprint density at radius 3 is 2.25 bits per heavy atom. The second kappa shape index (κ2) is 3.48. The van der Waals surface area contributed by atoms with Crippen molar-refractivity contribution >= 4 is 5.91 Å². The van der Waals surface area contributed by atoms with Crippen LogP contribution in [0.3, 0.4) is 0 Å². The minimum absolute atomic E-state index is 0.0108. The molecule has 2 aliphatic rings. The third kappa shape index (κ3) is 1.81. The number of amides is 1.